The number of aromatic amines is 1. The molecular formula is C24H28FN3OS. The highest BCUT2D eigenvalue weighted by molar-refractivity contribution is 7.99. The molecule has 1 aromatic heterocycles. The van der Waals surface area contributed by atoms with Crippen molar-refractivity contribution in [3.63, 3.8) is 0 Å². The Morgan fingerprint density at radius 2 is 1.93 bits per heavy atom. The Hall–Kier alpha value is -2.02. The summed E-state index contributed by atoms with van der Waals surface area (Å²) in [6.45, 7) is 4.88. The summed E-state index contributed by atoms with van der Waals surface area (Å²) < 4.78 is 19.3. The second kappa shape index (κ2) is 9.00. The molecule has 0 saturated carbocycles. The Morgan fingerprint density at radius 1 is 1.10 bits per heavy atom. The third-order valence-electron chi connectivity index (χ3n) is 6.01. The number of benzene rings is 2. The van der Waals surface area contributed by atoms with E-state index in [0.29, 0.717) is 6.04 Å². The molecule has 2 aliphatic rings. The predicted octanol–water partition coefficient (Wildman–Crippen LogP) is 5.11. The van der Waals surface area contributed by atoms with Gasteiger partial charge in [0.2, 0.25) is 0 Å². The number of fused-ring (bicyclic) bond motifs is 1. The second-order valence-corrected chi connectivity index (χ2v) is 9.45. The van der Waals surface area contributed by atoms with Gasteiger partial charge in [0.1, 0.15) is 5.82 Å². The summed E-state index contributed by atoms with van der Waals surface area (Å²) in [6.07, 6.45) is 2.04. The number of hydrogen-bond acceptors (Lipinski definition) is 4. The minimum atomic E-state index is -0.213. The van der Waals surface area contributed by atoms with Gasteiger partial charge in [-0.15, -0.1) is 0 Å². The van der Waals surface area contributed by atoms with E-state index < -0.39 is 0 Å². The zero-order chi connectivity index (χ0) is 20.3. The lowest BCUT2D eigenvalue weighted by atomic mass is 10.1. The van der Waals surface area contributed by atoms with Crippen molar-refractivity contribution in [3.8, 4) is 11.3 Å². The average Bonchev–Trinajstić information content (AvgIpc) is 3.20. The van der Waals surface area contributed by atoms with Crippen molar-refractivity contribution < 1.29 is 9.13 Å². The molecule has 2 N–H and O–H groups in total. The van der Waals surface area contributed by atoms with Crippen LogP contribution in [0.3, 0.4) is 0 Å². The standard InChI is InChI=1S/C24H28FN3OS/c25-20-3-1-2-18(14-20)22-15-19-12-17(16-28-6-10-30-11-7-28)13-23(24(19)27-22)26-21-4-8-29-9-5-21/h1-3,12-15,21,26-27H,4-11,16H2. The van der Waals surface area contributed by atoms with Gasteiger partial charge in [-0.05, 0) is 48.7 Å². The maximum Gasteiger partial charge on any atom is 0.123 e. The summed E-state index contributed by atoms with van der Waals surface area (Å²) in [5.41, 5.74) is 5.39. The second-order valence-electron chi connectivity index (χ2n) is 8.22. The van der Waals surface area contributed by atoms with Gasteiger partial charge in [-0.3, -0.25) is 4.90 Å². The quantitative estimate of drug-likeness (QED) is 0.596. The summed E-state index contributed by atoms with van der Waals surface area (Å²) in [4.78, 5) is 6.09. The van der Waals surface area contributed by atoms with Crippen LogP contribution in [0.1, 0.15) is 18.4 Å². The van der Waals surface area contributed by atoms with Crippen LogP contribution in [0.4, 0.5) is 10.1 Å². The number of nitrogens with zero attached hydrogens (tertiary/aromatic N) is 1. The van der Waals surface area contributed by atoms with Gasteiger partial charge >= 0.3 is 0 Å². The molecule has 2 saturated heterocycles. The van der Waals surface area contributed by atoms with Crippen molar-refractivity contribution in [2.45, 2.75) is 25.4 Å². The third kappa shape index (κ3) is 4.51. The van der Waals surface area contributed by atoms with Gasteiger partial charge < -0.3 is 15.0 Å². The number of aromatic nitrogens is 1. The van der Waals surface area contributed by atoms with Crippen LogP contribution in [0.2, 0.25) is 0 Å². The van der Waals surface area contributed by atoms with Crippen LogP contribution >= 0.6 is 11.8 Å². The van der Waals surface area contributed by atoms with Gasteiger partial charge in [-0.1, -0.05) is 12.1 Å². The van der Waals surface area contributed by atoms with Crippen LogP contribution in [-0.2, 0) is 11.3 Å². The minimum absolute atomic E-state index is 0.213. The Morgan fingerprint density at radius 3 is 2.73 bits per heavy atom. The average molecular weight is 426 g/mol. The summed E-state index contributed by atoms with van der Waals surface area (Å²) >= 11 is 2.04. The zero-order valence-electron chi connectivity index (χ0n) is 17.1. The van der Waals surface area contributed by atoms with Crippen LogP contribution in [0.15, 0.2) is 42.5 Å². The minimum Gasteiger partial charge on any atom is -0.381 e. The Labute approximate surface area is 181 Å². The lowest BCUT2D eigenvalue weighted by Crippen LogP contribution is -2.32. The van der Waals surface area contributed by atoms with Crippen molar-refractivity contribution in [2.24, 2.45) is 0 Å². The first-order chi connectivity index (χ1) is 14.7. The molecule has 0 amide bonds. The van der Waals surface area contributed by atoms with Crippen LogP contribution in [0, 0.1) is 5.82 Å². The van der Waals surface area contributed by atoms with Crippen LogP contribution in [-0.4, -0.2) is 53.7 Å². The molecule has 0 unspecified atom stereocenters. The van der Waals surface area contributed by atoms with Crippen LogP contribution in [0.5, 0.6) is 0 Å². The van der Waals surface area contributed by atoms with Gasteiger partial charge in [-0.25, -0.2) is 4.39 Å². The molecule has 0 bridgehead atoms. The molecule has 2 aromatic carbocycles. The summed E-state index contributed by atoms with van der Waals surface area (Å²) in [5, 5.41) is 4.94. The summed E-state index contributed by atoms with van der Waals surface area (Å²) in [6, 6.07) is 13.9. The van der Waals surface area contributed by atoms with Crippen LogP contribution in [0.25, 0.3) is 22.2 Å². The molecule has 3 aromatic rings. The predicted molar refractivity (Wildman–Crippen MR) is 124 cm³/mol. The molecule has 3 heterocycles. The molecule has 0 radical (unpaired) electrons. The SMILES string of the molecule is Fc1cccc(-c2cc3cc(CN4CCSCC4)cc(NC4CCOCC4)c3[nH]2)c1. The number of anilines is 1. The van der Waals surface area contributed by atoms with Crippen molar-refractivity contribution in [1.29, 1.82) is 0 Å². The monoisotopic (exact) mass is 425 g/mol. The third-order valence-corrected chi connectivity index (χ3v) is 6.96. The molecule has 4 nitrogen and oxygen atoms in total. The number of halogens is 1. The van der Waals surface area contributed by atoms with E-state index in [0.717, 1.165) is 68.2 Å². The molecule has 2 aliphatic heterocycles. The molecule has 2 fully saturated rings. The van der Waals surface area contributed by atoms with Crippen LogP contribution < -0.4 is 5.32 Å². The van der Waals surface area contributed by atoms with Crippen molar-refractivity contribution in [3.05, 3.63) is 53.8 Å². The topological polar surface area (TPSA) is 40.3 Å². The number of rotatable bonds is 5. The van der Waals surface area contributed by atoms with Gasteiger partial charge in [0, 0.05) is 67.0 Å². The maximum atomic E-state index is 13.8. The van der Waals surface area contributed by atoms with E-state index in [1.165, 1.54) is 28.5 Å². The summed E-state index contributed by atoms with van der Waals surface area (Å²) in [7, 11) is 0. The van der Waals surface area contributed by atoms with Crippen molar-refractivity contribution in [2.75, 3.05) is 43.1 Å². The first kappa shape index (κ1) is 19.9. The highest BCUT2D eigenvalue weighted by atomic mass is 32.2. The molecular weight excluding hydrogens is 397 g/mol. The first-order valence-electron chi connectivity index (χ1n) is 10.8. The fourth-order valence-corrected chi connectivity index (χ4v) is 5.38. The Kier molecular flexibility index (Phi) is 5.97. The van der Waals surface area contributed by atoms with E-state index in [-0.39, 0.29) is 5.82 Å². The largest absolute Gasteiger partial charge is 0.381 e. The van der Waals surface area contributed by atoms with E-state index in [1.54, 1.807) is 12.1 Å². The first-order valence-corrected chi connectivity index (χ1v) is 12.0. The number of hydrogen-bond donors (Lipinski definition) is 2. The molecule has 0 atom stereocenters. The highest BCUT2D eigenvalue weighted by Gasteiger charge is 2.18. The van der Waals surface area contributed by atoms with Gasteiger partial charge in [0.15, 0.2) is 0 Å². The van der Waals surface area contributed by atoms with E-state index in [4.69, 9.17) is 4.74 Å². The summed E-state index contributed by atoms with van der Waals surface area (Å²) in [5.74, 6) is 2.21. The van der Waals surface area contributed by atoms with Gasteiger partial charge in [0.25, 0.3) is 0 Å². The number of nitrogens with one attached hydrogen (secondary N) is 2. The van der Waals surface area contributed by atoms with Crippen molar-refractivity contribution >= 4 is 28.4 Å². The fraction of sp³-hybridized carbons (Fsp3) is 0.417. The van der Waals surface area contributed by atoms with Gasteiger partial charge in [-0.2, -0.15) is 11.8 Å². The van der Waals surface area contributed by atoms with E-state index in [9.17, 15) is 4.39 Å². The number of thioether (sulfide) groups is 1. The Balaban J connectivity index is 1.50. The number of H-pyrrole nitrogens is 1. The molecule has 30 heavy (non-hydrogen) atoms. The fourth-order valence-electron chi connectivity index (χ4n) is 4.40. The molecule has 158 valence electrons. The maximum absolute atomic E-state index is 13.8. The van der Waals surface area contributed by atoms with E-state index >= 15 is 0 Å². The molecule has 0 aliphatic carbocycles. The number of ether oxygens (including phenoxy) is 1. The van der Waals surface area contributed by atoms with Gasteiger partial charge in [0.05, 0.1) is 11.2 Å². The molecule has 0 spiro atoms. The zero-order valence-corrected chi connectivity index (χ0v) is 17.9. The van der Waals surface area contributed by atoms with E-state index in [2.05, 4.69) is 33.4 Å². The van der Waals surface area contributed by atoms with Crippen molar-refractivity contribution in [1.82, 2.24) is 9.88 Å². The highest BCUT2D eigenvalue weighted by Crippen LogP contribution is 2.32. The molecule has 6 heteroatoms. The smallest absolute Gasteiger partial charge is 0.123 e. The Bertz CT molecular complexity index is 1010. The lowest BCUT2D eigenvalue weighted by Gasteiger charge is -2.27. The lowest BCUT2D eigenvalue weighted by molar-refractivity contribution is 0.0905. The molecule has 5 rings (SSSR count). The normalized spacial score (nSPS) is 18.7. The van der Waals surface area contributed by atoms with E-state index in [1.807, 2.05) is 17.8 Å².